The third-order valence-corrected chi connectivity index (χ3v) is 1.99. The van der Waals surface area contributed by atoms with E-state index in [1.54, 1.807) is 0 Å². The number of aliphatic hydroxyl groups excluding tert-OH is 1. The number of aliphatic hydroxyl groups is 1. The zero-order valence-corrected chi connectivity index (χ0v) is 17.3. The average Bonchev–Trinajstić information content (AvgIpc) is 2.42. The van der Waals surface area contributed by atoms with Crippen molar-refractivity contribution < 1.29 is 34.4 Å². The SMILES string of the molecule is I.II.NC(CCO)C(=O)O.O=C1NC(C(=O)O)CCO1. The van der Waals surface area contributed by atoms with Crippen LogP contribution in [-0.4, -0.2) is 58.6 Å². The fraction of sp³-hybridized carbons (Fsp3) is 0.667. The molecule has 1 rings (SSSR count). The standard InChI is InChI=1S/C5H7NO4.C4H9NO3.I2.HI/c7-4(8)3-1-2-10-5(9)6-3;5-3(1-2-6)4(7)8;1-2;/h3H,1-2H2,(H,6,9)(H,7,8);3,6H,1-2,5H2,(H,7,8);;1H. The number of amides is 1. The van der Waals surface area contributed by atoms with Crippen LogP contribution in [0.25, 0.3) is 0 Å². The highest BCUT2D eigenvalue weighted by atomic mass is 128. The van der Waals surface area contributed by atoms with Gasteiger partial charge in [0.25, 0.3) is 0 Å². The van der Waals surface area contributed by atoms with Gasteiger partial charge in [-0.2, -0.15) is 0 Å². The molecule has 1 fully saturated rings. The smallest absolute Gasteiger partial charge is 0.407 e. The van der Waals surface area contributed by atoms with E-state index in [0.29, 0.717) is 6.42 Å². The summed E-state index contributed by atoms with van der Waals surface area (Å²) in [4.78, 5) is 30.5. The molecule has 2 unspecified atom stereocenters. The van der Waals surface area contributed by atoms with Crippen molar-refractivity contribution in [2.24, 2.45) is 5.73 Å². The summed E-state index contributed by atoms with van der Waals surface area (Å²) in [7, 11) is 0. The lowest BCUT2D eigenvalue weighted by Crippen LogP contribution is -2.45. The van der Waals surface area contributed by atoms with Crippen LogP contribution in [0, 0.1) is 0 Å². The van der Waals surface area contributed by atoms with E-state index >= 15 is 0 Å². The Bertz CT molecular complexity index is 318. The Kier molecular flexibility index (Phi) is 20.8. The lowest BCUT2D eigenvalue weighted by Gasteiger charge is -2.19. The van der Waals surface area contributed by atoms with Gasteiger partial charge < -0.3 is 31.1 Å². The molecule has 0 spiro atoms. The number of nitrogens with one attached hydrogen (secondary N) is 1. The van der Waals surface area contributed by atoms with Crippen LogP contribution in [0.2, 0.25) is 0 Å². The maximum absolute atomic E-state index is 10.4. The van der Waals surface area contributed by atoms with Gasteiger partial charge in [0.05, 0.1) is 6.61 Å². The lowest BCUT2D eigenvalue weighted by molar-refractivity contribution is -0.140. The molecule has 0 radical (unpaired) electrons. The highest BCUT2D eigenvalue weighted by Gasteiger charge is 2.24. The first kappa shape index (κ1) is 26.2. The minimum Gasteiger partial charge on any atom is -0.480 e. The van der Waals surface area contributed by atoms with Gasteiger partial charge in [-0.25, -0.2) is 9.59 Å². The van der Waals surface area contributed by atoms with Crippen LogP contribution < -0.4 is 11.1 Å². The first-order valence-corrected chi connectivity index (χ1v) is 11.6. The second-order valence-electron chi connectivity index (χ2n) is 3.42. The van der Waals surface area contributed by atoms with Crippen molar-refractivity contribution >= 4 is 79.2 Å². The van der Waals surface area contributed by atoms with Crippen LogP contribution in [0.3, 0.4) is 0 Å². The molecule has 9 nitrogen and oxygen atoms in total. The largest absolute Gasteiger partial charge is 0.480 e. The molecule has 1 aliphatic rings. The molecule has 1 amide bonds. The molecule has 2 atom stereocenters. The predicted octanol–water partition coefficient (Wildman–Crippen LogP) is 0.740. The third-order valence-electron chi connectivity index (χ3n) is 1.99. The van der Waals surface area contributed by atoms with Gasteiger partial charge in [0.2, 0.25) is 0 Å². The number of carboxylic acids is 2. The van der Waals surface area contributed by atoms with E-state index in [4.69, 9.17) is 21.1 Å². The number of carboxylic acid groups (broad SMARTS) is 2. The first-order chi connectivity index (χ1) is 9.38. The number of ether oxygens (including phenoxy) is 1. The Labute approximate surface area is 161 Å². The van der Waals surface area contributed by atoms with Crippen molar-refractivity contribution in [2.45, 2.75) is 24.9 Å². The quantitative estimate of drug-likeness (QED) is 0.280. The van der Waals surface area contributed by atoms with Crippen molar-refractivity contribution in [3.63, 3.8) is 0 Å². The van der Waals surface area contributed by atoms with E-state index in [1.165, 1.54) is 0 Å². The molecule has 6 N–H and O–H groups in total. The summed E-state index contributed by atoms with van der Waals surface area (Å²) in [6.45, 7) is 0.0102. The van der Waals surface area contributed by atoms with Crippen molar-refractivity contribution in [3.05, 3.63) is 0 Å². The van der Waals surface area contributed by atoms with Crippen LogP contribution in [0.1, 0.15) is 12.8 Å². The molecule has 0 aromatic rings. The van der Waals surface area contributed by atoms with E-state index in [2.05, 4.69) is 47.3 Å². The topological polar surface area (TPSA) is 159 Å². The maximum atomic E-state index is 10.4. The number of alkyl carbamates (subject to hydrolysis) is 1. The number of hydrogen-bond donors (Lipinski definition) is 5. The first-order valence-electron chi connectivity index (χ1n) is 5.28. The van der Waals surface area contributed by atoms with E-state index < -0.39 is 30.1 Å². The molecule has 126 valence electrons. The van der Waals surface area contributed by atoms with E-state index in [0.717, 1.165) is 0 Å². The summed E-state index contributed by atoms with van der Waals surface area (Å²) in [6.07, 6.45) is -0.199. The van der Waals surface area contributed by atoms with Crippen molar-refractivity contribution in [1.82, 2.24) is 5.32 Å². The van der Waals surface area contributed by atoms with Crippen molar-refractivity contribution in [2.75, 3.05) is 13.2 Å². The number of cyclic esters (lactones) is 1. The minimum absolute atomic E-state index is 0. The molecule has 1 aliphatic heterocycles. The Morgan fingerprint density at radius 1 is 1.43 bits per heavy atom. The van der Waals surface area contributed by atoms with Gasteiger partial charge in [0.1, 0.15) is 12.1 Å². The number of carbonyl (C=O) groups is 3. The number of hydrogen-bond acceptors (Lipinski definition) is 6. The zero-order valence-electron chi connectivity index (χ0n) is 10.7. The second kappa shape index (κ2) is 16.7. The Balaban J connectivity index is -0.000000270. The fourth-order valence-corrected chi connectivity index (χ4v) is 0.973. The van der Waals surface area contributed by atoms with E-state index in [-0.39, 0.29) is 43.6 Å². The summed E-state index contributed by atoms with van der Waals surface area (Å²) in [5.74, 6) is -2.09. The Morgan fingerprint density at radius 2 is 1.95 bits per heavy atom. The normalized spacial score (nSPS) is 17.1. The summed E-state index contributed by atoms with van der Waals surface area (Å²) in [6, 6.07) is -1.69. The molecule has 0 bridgehead atoms. The molecule has 12 heteroatoms. The highest BCUT2D eigenvalue weighted by molar-refractivity contribution is 15.0. The Morgan fingerprint density at radius 3 is 2.19 bits per heavy atom. The molecule has 21 heavy (non-hydrogen) atoms. The molecule has 1 saturated heterocycles. The average molecular weight is 646 g/mol. The zero-order chi connectivity index (χ0) is 16.1. The summed E-state index contributed by atoms with van der Waals surface area (Å²) in [5, 5.41) is 26.8. The van der Waals surface area contributed by atoms with Gasteiger partial charge in [-0.05, 0) is 6.42 Å². The predicted molar refractivity (Wildman–Crippen MR) is 101 cm³/mol. The summed E-state index contributed by atoms with van der Waals surface area (Å²) < 4.78 is 4.44. The fourth-order valence-electron chi connectivity index (χ4n) is 0.973. The summed E-state index contributed by atoms with van der Waals surface area (Å²) in [5.41, 5.74) is 4.97. The van der Waals surface area contributed by atoms with Gasteiger partial charge in [-0.15, -0.1) is 24.0 Å². The van der Waals surface area contributed by atoms with Crippen LogP contribution >= 0.6 is 61.2 Å². The van der Waals surface area contributed by atoms with Gasteiger partial charge in [0, 0.05) is 50.3 Å². The highest BCUT2D eigenvalue weighted by Crippen LogP contribution is 2.00. The molecular formula is C9H17I3N2O7. The molecule has 0 aliphatic carbocycles. The van der Waals surface area contributed by atoms with Crippen LogP contribution in [0.5, 0.6) is 0 Å². The number of halogens is 3. The number of nitrogens with two attached hydrogens (primary N) is 1. The minimum atomic E-state index is -1.07. The molecule has 0 aromatic heterocycles. The molecule has 1 heterocycles. The van der Waals surface area contributed by atoms with Gasteiger partial charge in [-0.1, -0.05) is 0 Å². The van der Waals surface area contributed by atoms with Crippen molar-refractivity contribution in [3.8, 4) is 0 Å². The maximum Gasteiger partial charge on any atom is 0.407 e. The van der Waals surface area contributed by atoms with E-state index in [9.17, 15) is 14.4 Å². The number of carbonyl (C=O) groups excluding carboxylic acids is 1. The van der Waals surface area contributed by atoms with Gasteiger partial charge in [0.15, 0.2) is 0 Å². The number of rotatable bonds is 4. The van der Waals surface area contributed by atoms with Crippen molar-refractivity contribution in [1.29, 1.82) is 0 Å². The lowest BCUT2D eigenvalue weighted by atomic mass is 10.2. The Hall–Kier alpha value is 0.320. The third kappa shape index (κ3) is 15.0. The van der Waals surface area contributed by atoms with Crippen LogP contribution in [-0.2, 0) is 14.3 Å². The van der Waals surface area contributed by atoms with Crippen LogP contribution in [0.4, 0.5) is 4.79 Å². The monoisotopic (exact) mass is 646 g/mol. The van der Waals surface area contributed by atoms with Gasteiger partial charge >= 0.3 is 18.0 Å². The molecular weight excluding hydrogens is 629 g/mol. The molecule has 0 aromatic carbocycles. The van der Waals surface area contributed by atoms with E-state index in [1.807, 2.05) is 0 Å². The summed E-state index contributed by atoms with van der Waals surface area (Å²) >= 11 is 4.24. The molecule has 0 saturated carbocycles. The number of aliphatic carboxylic acids is 2. The van der Waals surface area contributed by atoms with Gasteiger partial charge in [-0.3, -0.25) is 4.79 Å². The van der Waals surface area contributed by atoms with Crippen LogP contribution in [0.15, 0.2) is 0 Å². The second-order valence-corrected chi connectivity index (χ2v) is 3.42.